The zero-order chi connectivity index (χ0) is 17.2. The fraction of sp³-hybridized carbons (Fsp3) is 0.238. The van der Waals surface area contributed by atoms with Gasteiger partial charge in [0.2, 0.25) is 0 Å². The Hall–Kier alpha value is -2.88. The minimum absolute atomic E-state index is 0.0189. The number of methoxy groups -OCH3 is 1. The number of nitrogens with one attached hydrogen (secondary N) is 2. The molecule has 128 valence electrons. The van der Waals surface area contributed by atoms with E-state index in [9.17, 15) is 0 Å². The molecule has 0 amide bonds. The Morgan fingerprint density at radius 1 is 0.920 bits per heavy atom. The summed E-state index contributed by atoms with van der Waals surface area (Å²) in [6, 6.07) is 18.8. The molecule has 1 aliphatic heterocycles. The van der Waals surface area contributed by atoms with E-state index in [1.807, 2.05) is 12.1 Å². The topological polar surface area (TPSA) is 42.5 Å². The molecule has 1 heterocycles. The normalized spacial score (nSPS) is 13.2. The van der Waals surface area contributed by atoms with Gasteiger partial charge in [0, 0.05) is 16.8 Å². The fourth-order valence-corrected chi connectivity index (χ4v) is 3.29. The maximum absolute atomic E-state index is 5.76. The van der Waals surface area contributed by atoms with Crippen LogP contribution >= 0.6 is 0 Å². The maximum atomic E-state index is 5.76. The lowest BCUT2D eigenvalue weighted by Gasteiger charge is -2.30. The largest absolute Gasteiger partial charge is 0.493 e. The number of anilines is 2. The van der Waals surface area contributed by atoms with Crippen molar-refractivity contribution in [2.24, 2.45) is 0 Å². The Morgan fingerprint density at radius 3 is 2.28 bits per heavy atom. The maximum Gasteiger partial charge on any atom is 0.161 e. The van der Waals surface area contributed by atoms with E-state index in [4.69, 9.17) is 9.47 Å². The summed E-state index contributed by atoms with van der Waals surface area (Å²) >= 11 is 0. The number of benzene rings is 3. The molecule has 4 nitrogen and oxygen atoms in total. The van der Waals surface area contributed by atoms with E-state index in [0.717, 1.165) is 34.9 Å². The van der Waals surface area contributed by atoms with Gasteiger partial charge in [-0.2, -0.15) is 0 Å². The lowest BCUT2D eigenvalue weighted by atomic mass is 10.0. The van der Waals surface area contributed by atoms with E-state index in [1.165, 1.54) is 10.8 Å². The van der Waals surface area contributed by atoms with Crippen LogP contribution in [0.2, 0.25) is 0 Å². The van der Waals surface area contributed by atoms with Crippen molar-refractivity contribution in [3.8, 4) is 11.5 Å². The van der Waals surface area contributed by atoms with Crippen LogP contribution in [0.15, 0.2) is 54.6 Å². The van der Waals surface area contributed by atoms with Crippen LogP contribution < -0.4 is 20.1 Å². The molecule has 3 aromatic carbocycles. The van der Waals surface area contributed by atoms with Crippen molar-refractivity contribution in [2.45, 2.75) is 19.5 Å². The molecule has 0 saturated carbocycles. The van der Waals surface area contributed by atoms with Crippen LogP contribution in [0.4, 0.5) is 11.4 Å². The Balaban J connectivity index is 1.67. The smallest absolute Gasteiger partial charge is 0.161 e. The highest BCUT2D eigenvalue weighted by atomic mass is 16.5. The number of rotatable bonds is 5. The second kappa shape index (κ2) is 6.55. The first-order chi connectivity index (χ1) is 12.3. The van der Waals surface area contributed by atoms with Gasteiger partial charge in [-0.15, -0.1) is 0 Å². The molecule has 0 spiro atoms. The molecule has 4 heteroatoms. The highest BCUT2D eigenvalue weighted by Gasteiger charge is 2.21. The lowest BCUT2D eigenvalue weighted by molar-refractivity contribution is 0.294. The van der Waals surface area contributed by atoms with Crippen LogP contribution in [-0.2, 0) is 0 Å². The van der Waals surface area contributed by atoms with Gasteiger partial charge in [0.25, 0.3) is 0 Å². The first-order valence-corrected chi connectivity index (χ1v) is 8.65. The third-order valence-electron chi connectivity index (χ3n) is 4.49. The minimum Gasteiger partial charge on any atom is -0.493 e. The Morgan fingerprint density at radius 2 is 1.64 bits per heavy atom. The summed E-state index contributed by atoms with van der Waals surface area (Å²) in [5.41, 5.74) is 3.39. The van der Waals surface area contributed by atoms with Crippen molar-refractivity contribution in [3.05, 3.63) is 60.2 Å². The molecule has 0 aliphatic carbocycles. The zero-order valence-corrected chi connectivity index (χ0v) is 14.5. The van der Waals surface area contributed by atoms with E-state index in [1.54, 1.807) is 7.11 Å². The third kappa shape index (κ3) is 2.84. The van der Waals surface area contributed by atoms with Gasteiger partial charge in [0.15, 0.2) is 11.5 Å². The first-order valence-electron chi connectivity index (χ1n) is 8.65. The predicted molar refractivity (Wildman–Crippen MR) is 103 cm³/mol. The standard InChI is InChI=1S/C21H22N2O2/c1-3-12-25-18-11-10-15(13-19(18)24-2)21-22-16-8-4-6-14-7-5-9-17(23-21)20(14)16/h4-11,13,21-23H,3,12H2,1-2H3. The van der Waals surface area contributed by atoms with Crippen LogP contribution in [0, 0.1) is 0 Å². The van der Waals surface area contributed by atoms with Crippen molar-refractivity contribution in [1.82, 2.24) is 0 Å². The number of hydrogen-bond donors (Lipinski definition) is 2. The third-order valence-corrected chi connectivity index (χ3v) is 4.49. The summed E-state index contributed by atoms with van der Waals surface area (Å²) in [4.78, 5) is 0. The minimum atomic E-state index is -0.0189. The van der Waals surface area contributed by atoms with Crippen molar-refractivity contribution in [2.75, 3.05) is 24.4 Å². The van der Waals surface area contributed by atoms with Crippen molar-refractivity contribution < 1.29 is 9.47 Å². The van der Waals surface area contributed by atoms with E-state index in [-0.39, 0.29) is 6.17 Å². The van der Waals surface area contributed by atoms with Gasteiger partial charge in [-0.25, -0.2) is 0 Å². The summed E-state index contributed by atoms with van der Waals surface area (Å²) in [6.07, 6.45) is 0.951. The highest BCUT2D eigenvalue weighted by molar-refractivity contribution is 6.04. The molecule has 0 bridgehead atoms. The molecule has 0 saturated heterocycles. The lowest BCUT2D eigenvalue weighted by Crippen LogP contribution is -2.23. The Kier molecular flexibility index (Phi) is 4.10. The zero-order valence-electron chi connectivity index (χ0n) is 14.5. The van der Waals surface area contributed by atoms with Crippen LogP contribution in [0.25, 0.3) is 10.8 Å². The molecule has 0 aromatic heterocycles. The summed E-state index contributed by atoms with van der Waals surface area (Å²) in [6.45, 7) is 2.78. The molecule has 4 rings (SSSR count). The van der Waals surface area contributed by atoms with Crippen molar-refractivity contribution in [3.63, 3.8) is 0 Å². The Labute approximate surface area is 147 Å². The highest BCUT2D eigenvalue weighted by Crippen LogP contribution is 2.39. The molecule has 0 atom stereocenters. The molecule has 0 fully saturated rings. The van der Waals surface area contributed by atoms with E-state index >= 15 is 0 Å². The fourth-order valence-electron chi connectivity index (χ4n) is 3.29. The van der Waals surface area contributed by atoms with Gasteiger partial charge in [-0.05, 0) is 41.6 Å². The van der Waals surface area contributed by atoms with Gasteiger partial charge in [-0.3, -0.25) is 0 Å². The van der Waals surface area contributed by atoms with Crippen LogP contribution in [0.3, 0.4) is 0 Å². The van der Waals surface area contributed by atoms with Crippen LogP contribution in [0.5, 0.6) is 11.5 Å². The monoisotopic (exact) mass is 334 g/mol. The average molecular weight is 334 g/mol. The summed E-state index contributed by atoms with van der Waals surface area (Å²) in [7, 11) is 1.68. The van der Waals surface area contributed by atoms with E-state index < -0.39 is 0 Å². The van der Waals surface area contributed by atoms with Crippen molar-refractivity contribution in [1.29, 1.82) is 0 Å². The molecule has 1 aliphatic rings. The average Bonchev–Trinajstić information content (AvgIpc) is 2.66. The Bertz CT molecular complexity index is 867. The SMILES string of the molecule is CCCOc1ccc(C2Nc3cccc4cccc(c34)N2)cc1OC. The van der Waals surface area contributed by atoms with Gasteiger partial charge in [0.05, 0.1) is 13.7 Å². The summed E-state index contributed by atoms with van der Waals surface area (Å²) < 4.78 is 11.3. The van der Waals surface area contributed by atoms with Crippen molar-refractivity contribution >= 4 is 22.1 Å². The molecular formula is C21H22N2O2. The molecule has 3 aromatic rings. The van der Waals surface area contributed by atoms with Crippen LogP contribution in [-0.4, -0.2) is 13.7 Å². The van der Waals surface area contributed by atoms with Gasteiger partial charge >= 0.3 is 0 Å². The second-order valence-corrected chi connectivity index (χ2v) is 6.19. The molecular weight excluding hydrogens is 312 g/mol. The van der Waals surface area contributed by atoms with Gasteiger partial charge in [-0.1, -0.05) is 37.3 Å². The van der Waals surface area contributed by atoms with E-state index in [2.05, 4.69) is 60.0 Å². The predicted octanol–water partition coefficient (Wildman–Crippen LogP) is 5.17. The molecule has 2 N–H and O–H groups in total. The number of ether oxygens (including phenoxy) is 2. The van der Waals surface area contributed by atoms with Crippen LogP contribution in [0.1, 0.15) is 25.1 Å². The van der Waals surface area contributed by atoms with Gasteiger partial charge in [0.1, 0.15) is 6.17 Å². The molecule has 25 heavy (non-hydrogen) atoms. The first kappa shape index (κ1) is 15.6. The molecule has 0 radical (unpaired) electrons. The summed E-state index contributed by atoms with van der Waals surface area (Å²) in [5.74, 6) is 1.54. The summed E-state index contributed by atoms with van der Waals surface area (Å²) in [5, 5.41) is 9.63. The number of hydrogen-bond acceptors (Lipinski definition) is 4. The van der Waals surface area contributed by atoms with E-state index in [0.29, 0.717) is 6.61 Å². The molecule has 0 unspecified atom stereocenters. The second-order valence-electron chi connectivity index (χ2n) is 6.19. The quantitative estimate of drug-likeness (QED) is 0.675. The van der Waals surface area contributed by atoms with Gasteiger partial charge < -0.3 is 20.1 Å².